The van der Waals surface area contributed by atoms with Crippen molar-refractivity contribution in [3.8, 4) is 5.75 Å². The van der Waals surface area contributed by atoms with Gasteiger partial charge in [-0.05, 0) is 32.0 Å². The monoisotopic (exact) mass is 345 g/mol. The van der Waals surface area contributed by atoms with Crippen LogP contribution in [0.25, 0.3) is 0 Å². The summed E-state index contributed by atoms with van der Waals surface area (Å²) < 4.78 is 11.5. The molecule has 0 spiro atoms. The number of ether oxygens (including phenoxy) is 1. The second-order valence-corrected chi connectivity index (χ2v) is 5.92. The van der Waals surface area contributed by atoms with Gasteiger partial charge in [0.1, 0.15) is 5.75 Å². The molecule has 2 aromatic rings. The van der Waals surface area contributed by atoms with Gasteiger partial charge in [-0.15, -0.1) is 0 Å². The summed E-state index contributed by atoms with van der Waals surface area (Å²) in [6.45, 7) is 3.74. The first-order chi connectivity index (χ1) is 8.86. The Labute approximate surface area is 124 Å². The molecule has 2 rings (SSSR count). The van der Waals surface area contributed by atoms with Crippen molar-refractivity contribution in [3.63, 3.8) is 0 Å². The number of hydrogen-bond acceptors (Lipinski definition) is 5. The summed E-state index contributed by atoms with van der Waals surface area (Å²) in [4.78, 5) is 4.17. The van der Waals surface area contributed by atoms with E-state index in [9.17, 15) is 0 Å². The van der Waals surface area contributed by atoms with Gasteiger partial charge in [0.25, 0.3) is 5.89 Å². The lowest BCUT2D eigenvalue weighted by atomic mass is 10.1. The average molecular weight is 347 g/mol. The molecule has 1 aromatic carbocycles. The van der Waals surface area contributed by atoms with E-state index in [0.717, 1.165) is 4.47 Å². The fourth-order valence-electron chi connectivity index (χ4n) is 1.30. The number of hydrogen-bond donors (Lipinski definition) is 1. The lowest BCUT2D eigenvalue weighted by molar-refractivity contribution is 0.242. The van der Waals surface area contributed by atoms with Crippen LogP contribution in [0.3, 0.4) is 0 Å². The molecule has 5 nitrogen and oxygen atoms in total. The van der Waals surface area contributed by atoms with Crippen LogP contribution < -0.4 is 10.5 Å². The molecule has 1 aromatic heterocycles. The third-order valence-corrected chi connectivity index (χ3v) is 3.09. The van der Waals surface area contributed by atoms with Crippen LogP contribution >= 0.6 is 27.5 Å². The van der Waals surface area contributed by atoms with Crippen LogP contribution in [0.4, 0.5) is 0 Å². The van der Waals surface area contributed by atoms with Crippen LogP contribution in [0.2, 0.25) is 5.02 Å². The summed E-state index contributed by atoms with van der Waals surface area (Å²) in [6.07, 6.45) is 0. The third kappa shape index (κ3) is 3.68. The number of halogens is 2. The van der Waals surface area contributed by atoms with E-state index in [1.807, 2.05) is 6.07 Å². The average Bonchev–Trinajstić information content (AvgIpc) is 2.79. The molecule has 0 amide bonds. The minimum absolute atomic E-state index is 0.138. The molecule has 0 fully saturated rings. The number of nitrogens with two attached hydrogens (primary N) is 1. The third-order valence-electron chi connectivity index (χ3n) is 2.29. The highest BCUT2D eigenvalue weighted by Gasteiger charge is 2.21. The largest absolute Gasteiger partial charge is 0.482 e. The summed E-state index contributed by atoms with van der Waals surface area (Å²) >= 11 is 9.35. The Morgan fingerprint density at radius 1 is 1.47 bits per heavy atom. The smallest absolute Gasteiger partial charge is 0.264 e. The van der Waals surface area contributed by atoms with E-state index >= 15 is 0 Å². The molecule has 1 heterocycles. The van der Waals surface area contributed by atoms with Crippen molar-refractivity contribution in [1.29, 1.82) is 0 Å². The van der Waals surface area contributed by atoms with Gasteiger partial charge in [-0.1, -0.05) is 32.7 Å². The molecular formula is C12H13BrClN3O2. The molecule has 7 heteroatoms. The van der Waals surface area contributed by atoms with Crippen LogP contribution in [0.15, 0.2) is 27.2 Å². The molecule has 0 aliphatic heterocycles. The normalized spacial score (nSPS) is 11.6. The van der Waals surface area contributed by atoms with E-state index in [0.29, 0.717) is 22.5 Å². The zero-order valence-corrected chi connectivity index (χ0v) is 12.8. The van der Waals surface area contributed by atoms with Crippen LogP contribution in [-0.4, -0.2) is 10.1 Å². The van der Waals surface area contributed by atoms with Crippen LogP contribution in [-0.2, 0) is 12.1 Å². The summed E-state index contributed by atoms with van der Waals surface area (Å²) in [6, 6.07) is 5.34. The number of aromatic nitrogens is 2. The van der Waals surface area contributed by atoms with Gasteiger partial charge in [-0.3, -0.25) is 0 Å². The molecule has 0 aliphatic carbocycles. The van der Waals surface area contributed by atoms with Gasteiger partial charge in [-0.2, -0.15) is 4.98 Å². The Bertz CT molecular complexity index is 581. The molecule has 0 atom stereocenters. The number of benzene rings is 1. The topological polar surface area (TPSA) is 74.2 Å². The molecular weight excluding hydrogens is 334 g/mol. The minimum Gasteiger partial charge on any atom is -0.482 e. The maximum Gasteiger partial charge on any atom is 0.264 e. The van der Waals surface area contributed by atoms with Gasteiger partial charge >= 0.3 is 0 Å². The number of rotatable bonds is 4. The van der Waals surface area contributed by atoms with E-state index in [4.69, 9.17) is 26.6 Å². The molecule has 0 unspecified atom stereocenters. The van der Waals surface area contributed by atoms with E-state index in [1.54, 1.807) is 26.0 Å². The fraction of sp³-hybridized carbons (Fsp3) is 0.333. The van der Waals surface area contributed by atoms with Gasteiger partial charge in [0, 0.05) is 4.47 Å². The summed E-state index contributed by atoms with van der Waals surface area (Å²) in [5, 5.41) is 4.32. The van der Waals surface area contributed by atoms with E-state index < -0.39 is 5.54 Å². The summed E-state index contributed by atoms with van der Waals surface area (Å²) in [7, 11) is 0. The van der Waals surface area contributed by atoms with Crippen molar-refractivity contribution in [2.45, 2.75) is 26.0 Å². The van der Waals surface area contributed by atoms with Crippen molar-refractivity contribution in [1.82, 2.24) is 10.1 Å². The van der Waals surface area contributed by atoms with Gasteiger partial charge < -0.3 is 15.0 Å². The first kappa shape index (κ1) is 14.3. The maximum atomic E-state index is 6.01. The Balaban J connectivity index is 2.06. The van der Waals surface area contributed by atoms with Crippen molar-refractivity contribution < 1.29 is 9.26 Å². The SMILES string of the molecule is CC(C)(N)c1noc(COc2cc(Br)ccc2Cl)n1. The van der Waals surface area contributed by atoms with E-state index in [2.05, 4.69) is 26.1 Å². The maximum absolute atomic E-state index is 6.01. The zero-order valence-electron chi connectivity index (χ0n) is 10.5. The number of nitrogens with zero attached hydrogens (tertiary/aromatic N) is 2. The molecule has 0 bridgehead atoms. The van der Waals surface area contributed by atoms with Crippen LogP contribution in [0, 0.1) is 0 Å². The summed E-state index contributed by atoms with van der Waals surface area (Å²) in [5.74, 6) is 1.33. The van der Waals surface area contributed by atoms with Crippen molar-refractivity contribution >= 4 is 27.5 Å². The predicted octanol–water partition coefficient (Wildman–Crippen LogP) is 3.26. The van der Waals surface area contributed by atoms with Gasteiger partial charge in [0.15, 0.2) is 12.4 Å². The zero-order chi connectivity index (χ0) is 14.0. The standard InChI is InChI=1S/C12H13BrClN3O2/c1-12(2,15)11-16-10(19-17-11)6-18-9-5-7(13)3-4-8(9)14/h3-5H,6,15H2,1-2H3. The lowest BCUT2D eigenvalue weighted by Gasteiger charge is -2.11. The minimum atomic E-state index is -0.644. The molecule has 19 heavy (non-hydrogen) atoms. The van der Waals surface area contributed by atoms with Crippen LogP contribution in [0.1, 0.15) is 25.6 Å². The van der Waals surface area contributed by atoms with Crippen molar-refractivity contribution in [2.24, 2.45) is 5.73 Å². The van der Waals surface area contributed by atoms with Gasteiger partial charge in [0.2, 0.25) is 0 Å². The van der Waals surface area contributed by atoms with E-state index in [1.165, 1.54) is 0 Å². The Morgan fingerprint density at radius 2 is 2.21 bits per heavy atom. The summed E-state index contributed by atoms with van der Waals surface area (Å²) in [5.41, 5.74) is 5.22. The molecule has 2 N–H and O–H groups in total. The molecule has 0 aliphatic rings. The first-order valence-electron chi connectivity index (χ1n) is 5.56. The quantitative estimate of drug-likeness (QED) is 0.919. The Hall–Kier alpha value is -1.11. The Morgan fingerprint density at radius 3 is 2.84 bits per heavy atom. The van der Waals surface area contributed by atoms with Gasteiger partial charge in [0.05, 0.1) is 10.6 Å². The highest BCUT2D eigenvalue weighted by Crippen LogP contribution is 2.28. The second kappa shape index (κ2) is 5.48. The molecule has 102 valence electrons. The molecule has 0 saturated carbocycles. The highest BCUT2D eigenvalue weighted by molar-refractivity contribution is 9.10. The fourth-order valence-corrected chi connectivity index (χ4v) is 1.81. The first-order valence-corrected chi connectivity index (χ1v) is 6.73. The molecule has 0 saturated heterocycles. The Kier molecular flexibility index (Phi) is 4.13. The predicted molar refractivity (Wildman–Crippen MR) is 75.0 cm³/mol. The van der Waals surface area contributed by atoms with Gasteiger partial charge in [-0.25, -0.2) is 0 Å². The molecule has 0 radical (unpaired) electrons. The lowest BCUT2D eigenvalue weighted by Crippen LogP contribution is -2.30. The second-order valence-electron chi connectivity index (χ2n) is 4.60. The van der Waals surface area contributed by atoms with Crippen LogP contribution in [0.5, 0.6) is 5.75 Å². The van der Waals surface area contributed by atoms with Crippen molar-refractivity contribution in [3.05, 3.63) is 39.4 Å². The highest BCUT2D eigenvalue weighted by atomic mass is 79.9. The van der Waals surface area contributed by atoms with E-state index in [-0.39, 0.29) is 6.61 Å². The van der Waals surface area contributed by atoms with Crippen molar-refractivity contribution in [2.75, 3.05) is 0 Å².